The number of halogens is 4. The molecule has 0 amide bonds. The smallest absolute Gasteiger partial charge is 0.142 e. The summed E-state index contributed by atoms with van der Waals surface area (Å²) in [6, 6.07) is 7.39. The third-order valence-corrected chi connectivity index (χ3v) is 3.81. The fourth-order valence-corrected chi connectivity index (χ4v) is 2.54. The van der Waals surface area contributed by atoms with Crippen LogP contribution < -0.4 is 4.74 Å². The molecule has 0 saturated carbocycles. The molecule has 0 aliphatic rings. The predicted molar refractivity (Wildman–Crippen MR) is 81.4 cm³/mol. The van der Waals surface area contributed by atoms with Crippen LogP contribution >= 0.6 is 23.2 Å². The highest BCUT2D eigenvalue weighted by atomic mass is 35.5. The molecular weight excluding hydrogens is 317 g/mol. The molecule has 21 heavy (non-hydrogen) atoms. The van der Waals surface area contributed by atoms with Crippen LogP contribution in [-0.2, 0) is 0 Å². The summed E-state index contributed by atoms with van der Waals surface area (Å²) in [5.74, 6) is -0.799. The predicted octanol–water partition coefficient (Wildman–Crippen LogP) is 5.65. The molecule has 0 radical (unpaired) electrons. The molecule has 0 aliphatic carbocycles. The van der Waals surface area contributed by atoms with Crippen molar-refractivity contribution < 1.29 is 13.5 Å². The van der Waals surface area contributed by atoms with Crippen LogP contribution in [0.25, 0.3) is 0 Å². The van der Waals surface area contributed by atoms with E-state index in [1.807, 2.05) is 19.9 Å². The van der Waals surface area contributed by atoms with Crippen molar-refractivity contribution in [1.29, 1.82) is 0 Å². The van der Waals surface area contributed by atoms with Gasteiger partial charge in [-0.15, -0.1) is 11.6 Å². The van der Waals surface area contributed by atoms with Gasteiger partial charge in [-0.25, -0.2) is 8.78 Å². The van der Waals surface area contributed by atoms with Crippen molar-refractivity contribution in [2.45, 2.75) is 19.2 Å². The molecule has 0 bridgehead atoms. The summed E-state index contributed by atoms with van der Waals surface area (Å²) in [5.41, 5.74) is 1.58. The van der Waals surface area contributed by atoms with Crippen molar-refractivity contribution in [3.05, 3.63) is 63.7 Å². The lowest BCUT2D eigenvalue weighted by Crippen LogP contribution is -2.03. The number of ether oxygens (including phenoxy) is 1. The molecule has 0 spiro atoms. The first kappa shape index (κ1) is 16.1. The Morgan fingerprint density at radius 3 is 2.48 bits per heavy atom. The molecule has 112 valence electrons. The van der Waals surface area contributed by atoms with Crippen LogP contribution in [0, 0.1) is 18.6 Å². The lowest BCUT2D eigenvalue weighted by molar-refractivity contribution is 0.336. The molecule has 0 saturated heterocycles. The first-order valence-electron chi connectivity index (χ1n) is 6.46. The largest absolute Gasteiger partial charge is 0.494 e. The maximum absolute atomic E-state index is 14.0. The summed E-state index contributed by atoms with van der Waals surface area (Å²) in [7, 11) is 0. The van der Waals surface area contributed by atoms with Gasteiger partial charge in [0, 0.05) is 11.1 Å². The number of aryl methyl sites for hydroxylation is 1. The van der Waals surface area contributed by atoms with E-state index in [4.69, 9.17) is 27.9 Å². The molecule has 1 unspecified atom stereocenters. The maximum atomic E-state index is 14.0. The Morgan fingerprint density at radius 2 is 1.81 bits per heavy atom. The Hall–Kier alpha value is -1.32. The van der Waals surface area contributed by atoms with Crippen LogP contribution in [0.1, 0.15) is 29.0 Å². The van der Waals surface area contributed by atoms with Gasteiger partial charge in [-0.05, 0) is 32.0 Å². The zero-order valence-corrected chi connectivity index (χ0v) is 13.1. The molecular formula is C16H14Cl2F2O. The Kier molecular flexibility index (Phi) is 5.07. The van der Waals surface area contributed by atoms with Gasteiger partial charge in [0.2, 0.25) is 0 Å². The van der Waals surface area contributed by atoms with Crippen molar-refractivity contribution >= 4 is 23.2 Å². The number of alkyl halides is 1. The standard InChI is InChI=1S/C16H14Cl2F2O/c1-3-21-15-5-4-9(2)6-11(15)16(18)10-7-14(20)12(17)8-13(10)19/h4-8,16H,3H2,1-2H3. The van der Waals surface area contributed by atoms with Gasteiger partial charge < -0.3 is 4.74 Å². The van der Waals surface area contributed by atoms with Crippen molar-refractivity contribution in [3.63, 3.8) is 0 Å². The molecule has 0 N–H and O–H groups in total. The molecule has 5 heteroatoms. The average Bonchev–Trinajstić information content (AvgIpc) is 2.44. The van der Waals surface area contributed by atoms with Crippen molar-refractivity contribution in [2.24, 2.45) is 0 Å². The number of hydrogen-bond donors (Lipinski definition) is 0. The fourth-order valence-electron chi connectivity index (χ4n) is 2.05. The maximum Gasteiger partial charge on any atom is 0.142 e. The second-order valence-corrected chi connectivity index (χ2v) is 5.47. The van der Waals surface area contributed by atoms with Gasteiger partial charge in [-0.3, -0.25) is 0 Å². The lowest BCUT2D eigenvalue weighted by Gasteiger charge is -2.17. The van der Waals surface area contributed by atoms with E-state index < -0.39 is 17.0 Å². The van der Waals surface area contributed by atoms with Crippen LogP contribution in [0.2, 0.25) is 5.02 Å². The summed E-state index contributed by atoms with van der Waals surface area (Å²) >= 11 is 11.9. The van der Waals surface area contributed by atoms with E-state index in [9.17, 15) is 8.78 Å². The summed E-state index contributed by atoms with van der Waals surface area (Å²) in [5, 5.41) is -1.13. The van der Waals surface area contributed by atoms with Crippen LogP contribution in [-0.4, -0.2) is 6.61 Å². The van der Waals surface area contributed by atoms with E-state index in [1.54, 1.807) is 12.1 Å². The molecule has 2 aromatic carbocycles. The van der Waals surface area contributed by atoms with Crippen molar-refractivity contribution in [2.75, 3.05) is 6.61 Å². The highest BCUT2D eigenvalue weighted by Crippen LogP contribution is 2.38. The van der Waals surface area contributed by atoms with Crippen LogP contribution in [0.3, 0.4) is 0 Å². The minimum absolute atomic E-state index is 0.0325. The monoisotopic (exact) mass is 330 g/mol. The van der Waals surface area contributed by atoms with Crippen LogP contribution in [0.5, 0.6) is 5.75 Å². The first-order chi connectivity index (χ1) is 9.93. The Labute approximate surface area is 132 Å². The summed E-state index contributed by atoms with van der Waals surface area (Å²) in [6.07, 6.45) is 0. The number of hydrogen-bond acceptors (Lipinski definition) is 1. The Bertz CT molecular complexity index is 659. The molecule has 0 aliphatic heterocycles. The van der Waals surface area contributed by atoms with Gasteiger partial charge in [-0.1, -0.05) is 29.3 Å². The third-order valence-electron chi connectivity index (χ3n) is 3.05. The fraction of sp³-hybridized carbons (Fsp3) is 0.250. The van der Waals surface area contributed by atoms with Gasteiger partial charge in [0.05, 0.1) is 17.0 Å². The molecule has 0 heterocycles. The highest BCUT2D eigenvalue weighted by molar-refractivity contribution is 6.30. The third kappa shape index (κ3) is 3.47. The van der Waals surface area contributed by atoms with E-state index in [0.717, 1.165) is 17.7 Å². The van der Waals surface area contributed by atoms with Gasteiger partial charge >= 0.3 is 0 Å². The number of rotatable bonds is 4. The average molecular weight is 331 g/mol. The van der Waals surface area contributed by atoms with E-state index in [0.29, 0.717) is 17.9 Å². The highest BCUT2D eigenvalue weighted by Gasteiger charge is 2.21. The SMILES string of the molecule is CCOc1ccc(C)cc1C(Cl)c1cc(F)c(Cl)cc1F. The van der Waals surface area contributed by atoms with E-state index in [-0.39, 0.29) is 10.6 Å². The number of benzene rings is 2. The normalized spacial score (nSPS) is 12.3. The van der Waals surface area contributed by atoms with Crippen LogP contribution in [0.15, 0.2) is 30.3 Å². The topological polar surface area (TPSA) is 9.23 Å². The Balaban J connectivity index is 2.51. The zero-order valence-electron chi connectivity index (χ0n) is 11.6. The summed E-state index contributed by atoms with van der Waals surface area (Å²) < 4.78 is 33.1. The van der Waals surface area contributed by atoms with E-state index in [1.165, 1.54) is 0 Å². The molecule has 1 nitrogen and oxygen atoms in total. The van der Waals surface area contributed by atoms with Crippen LogP contribution in [0.4, 0.5) is 8.78 Å². The second-order valence-electron chi connectivity index (χ2n) is 4.62. The minimum atomic E-state index is -0.863. The minimum Gasteiger partial charge on any atom is -0.494 e. The van der Waals surface area contributed by atoms with E-state index in [2.05, 4.69) is 0 Å². The van der Waals surface area contributed by atoms with E-state index >= 15 is 0 Å². The zero-order chi connectivity index (χ0) is 15.6. The summed E-state index contributed by atoms with van der Waals surface area (Å²) in [6.45, 7) is 4.19. The Morgan fingerprint density at radius 1 is 1.10 bits per heavy atom. The van der Waals surface area contributed by atoms with Gasteiger partial charge in [0.25, 0.3) is 0 Å². The lowest BCUT2D eigenvalue weighted by atomic mass is 10.0. The molecule has 2 aromatic rings. The van der Waals surface area contributed by atoms with Gasteiger partial charge in [0.1, 0.15) is 17.4 Å². The first-order valence-corrected chi connectivity index (χ1v) is 7.27. The van der Waals surface area contributed by atoms with Gasteiger partial charge in [-0.2, -0.15) is 0 Å². The van der Waals surface area contributed by atoms with Crippen molar-refractivity contribution in [1.82, 2.24) is 0 Å². The van der Waals surface area contributed by atoms with Gasteiger partial charge in [0.15, 0.2) is 0 Å². The second kappa shape index (κ2) is 6.63. The quantitative estimate of drug-likeness (QED) is 0.519. The molecule has 2 rings (SSSR count). The molecule has 0 fully saturated rings. The molecule has 0 aromatic heterocycles. The molecule has 1 atom stereocenters. The van der Waals surface area contributed by atoms with Crippen molar-refractivity contribution in [3.8, 4) is 5.75 Å². The summed E-state index contributed by atoms with van der Waals surface area (Å²) in [4.78, 5) is 0.